The Hall–Kier alpha value is -6.40. The van der Waals surface area contributed by atoms with E-state index >= 15 is 0 Å². The number of nitriles is 1. The molecule has 1 atom stereocenters. The number of fused-ring (bicyclic) bond motifs is 1. The van der Waals surface area contributed by atoms with Crippen LogP contribution in [0.15, 0.2) is 62.5 Å². The van der Waals surface area contributed by atoms with Crippen LogP contribution in [0, 0.1) is 72.9 Å². The van der Waals surface area contributed by atoms with Gasteiger partial charge in [0.1, 0.15) is 26.6 Å². The molecule has 0 aliphatic heterocycles. The van der Waals surface area contributed by atoms with Crippen LogP contribution in [-0.2, 0) is 26.8 Å². The quantitative estimate of drug-likeness (QED) is 0.0670. The van der Waals surface area contributed by atoms with Crippen LogP contribution in [-0.4, -0.2) is 45.5 Å². The highest BCUT2D eigenvalue weighted by Gasteiger charge is 2.32. The van der Waals surface area contributed by atoms with E-state index in [0.29, 0.717) is 55.2 Å². The molecule has 0 saturated carbocycles. The normalized spacial score (nSPS) is 12.4. The van der Waals surface area contributed by atoms with Crippen LogP contribution in [0.5, 0.6) is 0 Å². The number of nitrogens with zero attached hydrogens (tertiary/aromatic N) is 9. The molecule has 1 unspecified atom stereocenters. The summed E-state index contributed by atoms with van der Waals surface area (Å²) in [5.41, 5.74) is 4.88. The summed E-state index contributed by atoms with van der Waals surface area (Å²) in [5, 5.41) is 22.0. The number of nitrogens with one attached hydrogen (secondary N) is 1. The maximum absolute atomic E-state index is 12.8. The Morgan fingerprint density at radius 3 is 2.09 bits per heavy atom. The first-order valence-electron chi connectivity index (χ1n) is 17.2. The smallest absolute Gasteiger partial charge is 0.373 e. The van der Waals surface area contributed by atoms with E-state index in [-0.39, 0.29) is 56.7 Å². The lowest BCUT2D eigenvalue weighted by Gasteiger charge is -2.24. The Labute approximate surface area is 338 Å². The van der Waals surface area contributed by atoms with Crippen molar-refractivity contribution in [1.82, 2.24) is 19.5 Å². The van der Waals surface area contributed by atoms with E-state index in [1.165, 1.54) is 18.3 Å². The molecule has 0 aliphatic rings. The highest BCUT2D eigenvalue weighted by atomic mass is 32.2. The van der Waals surface area contributed by atoms with Gasteiger partial charge in [-0.2, -0.15) is 22.1 Å². The second-order valence-corrected chi connectivity index (χ2v) is 17.3. The zero-order chi connectivity index (χ0) is 42.4. The van der Waals surface area contributed by atoms with E-state index < -0.39 is 26.2 Å². The molecule has 16 nitrogen and oxygen atoms in total. The lowest BCUT2D eigenvalue weighted by Crippen LogP contribution is -2.15. The molecule has 3 heterocycles. The SMILES string of the molecule is [C-]#[N+]c1nc(N=Nc2c(C)cc(C(c3nc4ccccc4s3)c3c(C)cc(C)c(S(=O)(=O)O)c3C)nc2Nc2c(C)cc(C)c(S(=O)(=O)O)c2C)n(CC#N)c1[N+]#[C-]. The van der Waals surface area contributed by atoms with Crippen molar-refractivity contribution in [1.29, 1.82) is 5.26 Å². The third-order valence-electron chi connectivity index (χ3n) is 9.55. The number of para-hydroxylation sites is 1. The minimum Gasteiger partial charge on any atom is -0.373 e. The Bertz CT molecular complexity index is 3060. The van der Waals surface area contributed by atoms with Gasteiger partial charge in [-0.25, -0.2) is 14.5 Å². The van der Waals surface area contributed by atoms with Gasteiger partial charge in [0.25, 0.3) is 31.9 Å². The van der Waals surface area contributed by atoms with Gasteiger partial charge in [0.15, 0.2) is 12.4 Å². The number of aryl methyl sites for hydroxylation is 5. The number of aromatic nitrogens is 4. The largest absolute Gasteiger partial charge is 0.417 e. The van der Waals surface area contributed by atoms with Crippen molar-refractivity contribution in [3.05, 3.63) is 121 Å². The molecular formula is C39H34N10O6S3. The Morgan fingerprint density at radius 1 is 0.845 bits per heavy atom. The maximum Gasteiger partial charge on any atom is 0.417 e. The van der Waals surface area contributed by atoms with E-state index in [4.69, 9.17) is 23.1 Å². The van der Waals surface area contributed by atoms with Gasteiger partial charge in [0, 0.05) is 5.69 Å². The number of hydrogen-bond donors (Lipinski definition) is 3. The van der Waals surface area contributed by atoms with Gasteiger partial charge in [-0.3, -0.25) is 9.11 Å². The van der Waals surface area contributed by atoms with Gasteiger partial charge in [-0.15, -0.1) is 16.5 Å². The molecular weight excluding hydrogens is 801 g/mol. The standard InChI is InChI=1S/C39H34N10O6S3/c1-19-16-22(4)33(57(50,51)52)24(6)29(19)30(38-44-26-12-10-11-13-28(26)56-38)27-18-21(3)32(47-48-39-46-36(41-8)37(42-9)49(39)15-14-40)35(43-27)45-31-20(2)17-23(5)34(25(31)7)58(53,54)55/h10-13,16-18,30H,15H2,1-7H3,(H,43,45)(H,50,51,52)(H,53,54,55). The van der Waals surface area contributed by atoms with Crippen LogP contribution in [0.2, 0.25) is 0 Å². The van der Waals surface area contributed by atoms with Gasteiger partial charge >= 0.3 is 5.95 Å². The highest BCUT2D eigenvalue weighted by Crippen LogP contribution is 2.45. The number of anilines is 2. The summed E-state index contributed by atoms with van der Waals surface area (Å²) in [6.07, 6.45) is 0. The molecule has 0 radical (unpaired) electrons. The van der Waals surface area contributed by atoms with Crippen molar-refractivity contribution in [3.8, 4) is 6.07 Å². The second kappa shape index (κ2) is 15.5. The molecule has 3 N–H and O–H groups in total. The molecule has 6 aromatic rings. The molecule has 6 rings (SSSR count). The van der Waals surface area contributed by atoms with Crippen LogP contribution in [0.25, 0.3) is 19.9 Å². The van der Waals surface area contributed by atoms with Crippen LogP contribution >= 0.6 is 11.3 Å². The number of rotatable bonds is 10. The number of benzene rings is 3. The van der Waals surface area contributed by atoms with E-state index in [9.17, 15) is 31.2 Å². The van der Waals surface area contributed by atoms with Crippen LogP contribution in [0.1, 0.15) is 61.1 Å². The van der Waals surface area contributed by atoms with Crippen molar-refractivity contribution in [3.63, 3.8) is 0 Å². The summed E-state index contributed by atoms with van der Waals surface area (Å²) < 4.78 is 73.4. The molecule has 58 heavy (non-hydrogen) atoms. The number of azo groups is 1. The first-order valence-corrected chi connectivity index (χ1v) is 20.9. The minimum absolute atomic E-state index is 0.0489. The number of hydrogen-bond acceptors (Lipinski definition) is 12. The first kappa shape index (κ1) is 41.2. The molecule has 0 saturated heterocycles. The van der Waals surface area contributed by atoms with Gasteiger partial charge in [-0.1, -0.05) is 47.5 Å². The van der Waals surface area contributed by atoms with E-state index in [1.54, 1.807) is 52.8 Å². The van der Waals surface area contributed by atoms with Crippen LogP contribution in [0.4, 0.5) is 34.8 Å². The molecule has 294 valence electrons. The fourth-order valence-corrected chi connectivity index (χ4v) is 10.4. The number of thiazole rings is 1. The third kappa shape index (κ3) is 7.55. The fraction of sp³-hybridized carbons (Fsp3) is 0.231. The molecule has 0 spiro atoms. The molecule has 0 bridgehead atoms. The Balaban J connectivity index is 1.69. The van der Waals surface area contributed by atoms with Crippen molar-refractivity contribution >= 4 is 76.6 Å². The van der Waals surface area contributed by atoms with Crippen molar-refractivity contribution in [2.45, 2.75) is 70.7 Å². The third-order valence-corrected chi connectivity index (χ3v) is 12.9. The summed E-state index contributed by atoms with van der Waals surface area (Å²) >= 11 is 1.38. The van der Waals surface area contributed by atoms with Gasteiger partial charge in [0.2, 0.25) is 0 Å². The zero-order valence-electron chi connectivity index (χ0n) is 32.1. The highest BCUT2D eigenvalue weighted by molar-refractivity contribution is 7.86. The number of imidazole rings is 1. The molecule has 19 heteroatoms. The Morgan fingerprint density at radius 2 is 1.48 bits per heavy atom. The zero-order valence-corrected chi connectivity index (χ0v) is 34.6. The van der Waals surface area contributed by atoms with E-state index in [1.807, 2.05) is 37.3 Å². The van der Waals surface area contributed by atoms with E-state index in [2.05, 4.69) is 30.2 Å². The van der Waals surface area contributed by atoms with Gasteiger partial charge < -0.3 is 15.0 Å². The molecule has 3 aromatic heterocycles. The number of pyridine rings is 1. The summed E-state index contributed by atoms with van der Waals surface area (Å²) in [5.74, 6) is -1.43. The first-order chi connectivity index (χ1) is 27.3. The van der Waals surface area contributed by atoms with Crippen LogP contribution in [0.3, 0.4) is 0 Å². The lowest BCUT2D eigenvalue weighted by molar-refractivity contribution is 0.479. The van der Waals surface area contributed by atoms with Crippen molar-refractivity contribution < 1.29 is 25.9 Å². The predicted octanol–water partition coefficient (Wildman–Crippen LogP) is 9.50. The monoisotopic (exact) mass is 834 g/mol. The summed E-state index contributed by atoms with van der Waals surface area (Å²) in [7, 11) is -9.36. The lowest BCUT2D eigenvalue weighted by atomic mass is 9.86. The van der Waals surface area contributed by atoms with E-state index in [0.717, 1.165) is 9.27 Å². The molecule has 3 aromatic carbocycles. The second-order valence-electron chi connectivity index (χ2n) is 13.5. The van der Waals surface area contributed by atoms with Crippen molar-refractivity contribution in [2.24, 2.45) is 10.2 Å². The van der Waals surface area contributed by atoms with Crippen molar-refractivity contribution in [2.75, 3.05) is 5.32 Å². The summed E-state index contributed by atoms with van der Waals surface area (Å²) in [4.78, 5) is 20.3. The predicted molar refractivity (Wildman–Crippen MR) is 218 cm³/mol. The molecule has 0 aliphatic carbocycles. The molecule has 0 amide bonds. The Kier molecular flexibility index (Phi) is 11.0. The minimum atomic E-state index is -4.68. The summed E-state index contributed by atoms with van der Waals surface area (Å²) in [6.45, 7) is 26.3. The average molecular weight is 835 g/mol. The topological polar surface area (TPSA) is 222 Å². The average Bonchev–Trinajstić information content (AvgIpc) is 3.70. The van der Waals surface area contributed by atoms with Gasteiger partial charge in [0.05, 0.1) is 21.8 Å². The summed E-state index contributed by atoms with van der Waals surface area (Å²) in [6, 6.07) is 14.4. The van der Waals surface area contributed by atoms with Gasteiger partial charge in [-0.05, 0) is 111 Å². The van der Waals surface area contributed by atoms with Crippen LogP contribution < -0.4 is 5.32 Å². The maximum atomic E-state index is 12.8. The molecule has 0 fully saturated rings. The fourth-order valence-electron chi connectivity index (χ4n) is 7.36.